The van der Waals surface area contributed by atoms with Gasteiger partial charge >= 0.3 is 0 Å². The Labute approximate surface area is 180 Å². The van der Waals surface area contributed by atoms with Crippen LogP contribution >= 0.6 is 15.9 Å². The second kappa shape index (κ2) is 7.54. The Kier molecular flexibility index (Phi) is 5.58. The third-order valence-corrected chi connectivity index (χ3v) is 6.79. The molecule has 3 rings (SSSR count). The molecule has 0 spiro atoms. The van der Waals surface area contributed by atoms with Gasteiger partial charge in [0.05, 0.1) is 12.1 Å². The van der Waals surface area contributed by atoms with Crippen molar-refractivity contribution in [1.82, 2.24) is 0 Å². The standard InChI is InChI=1S/C24H26BrNO3/c1-7-10-26-20-9-8-18(25)11-19(20)24(29,23(26)28)12-21(27)22-16(5)14(3)13(2)15(4)17(22)6/h7-9,11,29H,1,10,12H2,2-6H3. The van der Waals surface area contributed by atoms with Gasteiger partial charge in [0.2, 0.25) is 0 Å². The molecule has 2 aromatic rings. The normalized spacial score (nSPS) is 18.2. The topological polar surface area (TPSA) is 57.6 Å². The highest BCUT2D eigenvalue weighted by Gasteiger charge is 2.51. The first kappa shape index (κ1) is 21.5. The lowest BCUT2D eigenvalue weighted by molar-refractivity contribution is -0.135. The first-order chi connectivity index (χ1) is 13.5. The van der Waals surface area contributed by atoms with Crippen LogP contribution in [0.2, 0.25) is 0 Å². The SMILES string of the molecule is C=CCN1C(=O)C(O)(CC(=O)c2c(C)c(C)c(C)c(C)c2C)c2cc(Br)ccc21. The van der Waals surface area contributed by atoms with Gasteiger partial charge in [0.25, 0.3) is 5.91 Å². The van der Waals surface area contributed by atoms with Crippen LogP contribution in [0.5, 0.6) is 0 Å². The van der Waals surface area contributed by atoms with E-state index in [9.17, 15) is 14.7 Å². The fourth-order valence-corrected chi connectivity index (χ4v) is 4.60. The summed E-state index contributed by atoms with van der Waals surface area (Å²) in [6, 6.07) is 5.31. The molecule has 1 N–H and O–H groups in total. The molecule has 2 aromatic carbocycles. The van der Waals surface area contributed by atoms with Gasteiger partial charge in [-0.15, -0.1) is 6.58 Å². The summed E-state index contributed by atoms with van der Waals surface area (Å²) in [6.45, 7) is 13.9. The molecule has 1 unspecified atom stereocenters. The van der Waals surface area contributed by atoms with E-state index in [1.165, 1.54) is 10.5 Å². The number of amides is 1. The molecule has 0 saturated heterocycles. The number of hydrogen-bond acceptors (Lipinski definition) is 3. The van der Waals surface area contributed by atoms with E-state index < -0.39 is 11.5 Å². The third-order valence-electron chi connectivity index (χ3n) is 6.30. The number of rotatable bonds is 5. The third kappa shape index (κ3) is 3.26. The summed E-state index contributed by atoms with van der Waals surface area (Å²) in [7, 11) is 0. The number of Topliss-reactive ketones (excluding diaryl/α,β-unsaturated/α-hetero) is 1. The van der Waals surface area contributed by atoms with Gasteiger partial charge in [-0.3, -0.25) is 9.59 Å². The Balaban J connectivity index is 2.11. The van der Waals surface area contributed by atoms with Gasteiger partial charge in [0.15, 0.2) is 11.4 Å². The van der Waals surface area contributed by atoms with Crippen molar-refractivity contribution >= 4 is 33.3 Å². The Bertz CT molecular complexity index is 1030. The van der Waals surface area contributed by atoms with E-state index in [2.05, 4.69) is 22.5 Å². The molecule has 0 saturated carbocycles. The van der Waals surface area contributed by atoms with E-state index in [4.69, 9.17) is 0 Å². The summed E-state index contributed by atoms with van der Waals surface area (Å²) < 4.78 is 0.741. The predicted octanol–water partition coefficient (Wildman–Crippen LogP) is 4.98. The molecule has 5 heteroatoms. The van der Waals surface area contributed by atoms with Crippen molar-refractivity contribution in [2.24, 2.45) is 0 Å². The molecule has 1 amide bonds. The summed E-state index contributed by atoms with van der Waals surface area (Å²) in [5, 5.41) is 11.5. The zero-order chi connectivity index (χ0) is 21.7. The molecule has 0 bridgehead atoms. The van der Waals surface area contributed by atoms with Crippen molar-refractivity contribution in [3.63, 3.8) is 0 Å². The van der Waals surface area contributed by atoms with Crippen molar-refractivity contribution < 1.29 is 14.7 Å². The second-order valence-corrected chi connectivity index (χ2v) is 8.74. The van der Waals surface area contributed by atoms with Gasteiger partial charge in [-0.1, -0.05) is 22.0 Å². The molecule has 1 aliphatic heterocycles. The average molecular weight is 456 g/mol. The number of fused-ring (bicyclic) bond motifs is 1. The molecule has 1 atom stereocenters. The van der Waals surface area contributed by atoms with Gasteiger partial charge in [0, 0.05) is 22.1 Å². The molecular weight excluding hydrogens is 430 g/mol. The first-order valence-electron chi connectivity index (χ1n) is 9.60. The van der Waals surface area contributed by atoms with E-state index in [1.807, 2.05) is 40.7 Å². The quantitative estimate of drug-likeness (QED) is 0.510. The number of nitrogens with zero attached hydrogens (tertiary/aromatic N) is 1. The Morgan fingerprint density at radius 3 is 2.21 bits per heavy atom. The predicted molar refractivity (Wildman–Crippen MR) is 120 cm³/mol. The Morgan fingerprint density at radius 1 is 1.10 bits per heavy atom. The number of hydrogen-bond donors (Lipinski definition) is 1. The van der Waals surface area contributed by atoms with Crippen molar-refractivity contribution in [3.05, 3.63) is 74.3 Å². The van der Waals surface area contributed by atoms with Crippen LogP contribution in [0.3, 0.4) is 0 Å². The highest BCUT2D eigenvalue weighted by molar-refractivity contribution is 9.10. The maximum atomic E-state index is 13.4. The van der Waals surface area contributed by atoms with Gasteiger partial charge in [-0.05, 0) is 80.6 Å². The van der Waals surface area contributed by atoms with Crippen LogP contribution in [-0.2, 0) is 10.4 Å². The fourth-order valence-electron chi connectivity index (χ4n) is 4.24. The largest absolute Gasteiger partial charge is 0.375 e. The van der Waals surface area contributed by atoms with E-state index in [-0.39, 0.29) is 18.7 Å². The molecule has 1 heterocycles. The minimum absolute atomic E-state index is 0.228. The number of carbonyl (C=O) groups is 2. The fraction of sp³-hybridized carbons (Fsp3) is 0.333. The van der Waals surface area contributed by atoms with Gasteiger partial charge in [0.1, 0.15) is 0 Å². The van der Waals surface area contributed by atoms with Crippen molar-refractivity contribution in [2.75, 3.05) is 11.4 Å². The average Bonchev–Trinajstić information content (AvgIpc) is 2.87. The highest BCUT2D eigenvalue weighted by Crippen LogP contribution is 2.44. The molecule has 4 nitrogen and oxygen atoms in total. The van der Waals surface area contributed by atoms with Crippen LogP contribution in [0.25, 0.3) is 0 Å². The van der Waals surface area contributed by atoms with Gasteiger partial charge in [-0.25, -0.2) is 0 Å². The van der Waals surface area contributed by atoms with Crippen LogP contribution in [0.4, 0.5) is 5.69 Å². The number of anilines is 1. The lowest BCUT2D eigenvalue weighted by atomic mass is 9.82. The molecule has 0 radical (unpaired) electrons. The van der Waals surface area contributed by atoms with E-state index in [0.29, 0.717) is 16.8 Å². The molecule has 0 aromatic heterocycles. The maximum absolute atomic E-state index is 13.4. The number of benzene rings is 2. The van der Waals surface area contributed by atoms with Crippen molar-refractivity contribution in [1.29, 1.82) is 0 Å². The minimum atomic E-state index is -1.90. The zero-order valence-corrected chi connectivity index (χ0v) is 19.1. The molecule has 29 heavy (non-hydrogen) atoms. The van der Waals surface area contributed by atoms with E-state index >= 15 is 0 Å². The molecule has 0 aliphatic carbocycles. The van der Waals surface area contributed by atoms with E-state index in [0.717, 1.165) is 26.7 Å². The van der Waals surface area contributed by atoms with Crippen LogP contribution in [0, 0.1) is 34.6 Å². The van der Waals surface area contributed by atoms with E-state index in [1.54, 1.807) is 18.2 Å². The molecular formula is C24H26BrNO3. The van der Waals surface area contributed by atoms with Crippen molar-refractivity contribution in [2.45, 2.75) is 46.6 Å². The minimum Gasteiger partial charge on any atom is -0.375 e. The Hall–Kier alpha value is -2.24. The van der Waals surface area contributed by atoms with Crippen LogP contribution in [0.1, 0.15) is 50.2 Å². The number of carbonyl (C=O) groups excluding carboxylic acids is 2. The summed E-state index contributed by atoms with van der Waals surface area (Å²) >= 11 is 3.41. The molecule has 1 aliphatic rings. The summed E-state index contributed by atoms with van der Waals surface area (Å²) in [6.07, 6.45) is 1.31. The summed E-state index contributed by atoms with van der Waals surface area (Å²) in [5.41, 5.74) is 4.87. The molecule has 0 fully saturated rings. The van der Waals surface area contributed by atoms with Gasteiger partial charge in [-0.2, -0.15) is 0 Å². The summed E-state index contributed by atoms with van der Waals surface area (Å²) in [5.74, 6) is -0.719. The Morgan fingerprint density at radius 2 is 1.66 bits per heavy atom. The summed E-state index contributed by atoms with van der Waals surface area (Å²) in [4.78, 5) is 28.1. The number of halogens is 1. The van der Waals surface area contributed by atoms with Gasteiger partial charge < -0.3 is 10.0 Å². The number of ketones is 1. The van der Waals surface area contributed by atoms with Crippen molar-refractivity contribution in [3.8, 4) is 0 Å². The lowest BCUT2D eigenvalue weighted by Crippen LogP contribution is -2.42. The van der Waals surface area contributed by atoms with Crippen LogP contribution in [0.15, 0.2) is 35.3 Å². The highest BCUT2D eigenvalue weighted by atomic mass is 79.9. The monoisotopic (exact) mass is 455 g/mol. The zero-order valence-electron chi connectivity index (χ0n) is 17.5. The maximum Gasteiger partial charge on any atom is 0.264 e. The van der Waals surface area contributed by atoms with Crippen LogP contribution < -0.4 is 4.90 Å². The lowest BCUT2D eigenvalue weighted by Gasteiger charge is -2.24. The number of aliphatic hydroxyl groups is 1. The van der Waals surface area contributed by atoms with Crippen LogP contribution in [-0.4, -0.2) is 23.3 Å². The molecule has 152 valence electrons. The second-order valence-electron chi connectivity index (χ2n) is 7.83. The smallest absolute Gasteiger partial charge is 0.264 e. The first-order valence-corrected chi connectivity index (χ1v) is 10.4.